The second-order valence-corrected chi connectivity index (χ2v) is 14.6. The minimum Gasteiger partial charge on any atom is -0.427 e. The molecule has 33 heavy (non-hydrogen) atoms. The van der Waals surface area contributed by atoms with E-state index in [1.807, 2.05) is 24.3 Å². The number of hydrogen-bond acceptors (Lipinski definition) is 2. The Labute approximate surface area is 224 Å². The van der Waals surface area contributed by atoms with Crippen LogP contribution in [0.5, 0.6) is 5.75 Å². The molecule has 0 amide bonds. The molecule has 3 aliphatic carbocycles. The summed E-state index contributed by atoms with van der Waals surface area (Å²) in [7, 11) is -0.0650. The standard InChI is InChI=1S/C27H37Cl2O2P.Ru/c1-20(30)31-23-14-12-21(13-15-23)18-22-19-27(28,29)17-16-26(22)32(24-8-4-2-5-9-24)25-10-6-3-7-11-25;/h12-15,18,24-26H,2-11,16-17,19H2,1H3;. The van der Waals surface area contributed by atoms with E-state index in [2.05, 4.69) is 6.08 Å². The third-order valence-electron chi connectivity index (χ3n) is 7.52. The fourth-order valence-corrected chi connectivity index (χ4v) is 11.1. The van der Waals surface area contributed by atoms with Crippen molar-refractivity contribution in [3.8, 4) is 5.75 Å². The molecule has 6 heteroatoms. The maximum absolute atomic E-state index is 11.2. The molecule has 4 rings (SSSR count). The molecule has 0 aromatic heterocycles. The third-order valence-corrected chi connectivity index (χ3v) is 12.2. The van der Waals surface area contributed by atoms with E-state index in [-0.39, 0.29) is 33.4 Å². The zero-order valence-corrected chi connectivity index (χ0v) is 23.8. The number of alkyl halides is 2. The number of hydrogen-bond donors (Lipinski definition) is 0. The van der Waals surface area contributed by atoms with Gasteiger partial charge in [-0.25, -0.2) is 0 Å². The van der Waals surface area contributed by atoms with Gasteiger partial charge in [0.2, 0.25) is 0 Å². The van der Waals surface area contributed by atoms with E-state index >= 15 is 0 Å². The van der Waals surface area contributed by atoms with E-state index in [0.29, 0.717) is 11.4 Å². The van der Waals surface area contributed by atoms with Crippen LogP contribution in [-0.4, -0.2) is 27.3 Å². The van der Waals surface area contributed by atoms with Gasteiger partial charge in [0.1, 0.15) is 10.1 Å². The van der Waals surface area contributed by atoms with Gasteiger partial charge in [0.05, 0.1) is 0 Å². The Balaban J connectivity index is 0.00000306. The first kappa shape index (κ1) is 27.6. The van der Waals surface area contributed by atoms with Crippen molar-refractivity contribution in [1.29, 1.82) is 0 Å². The van der Waals surface area contributed by atoms with Gasteiger partial charge in [-0.3, -0.25) is 4.79 Å². The molecule has 1 atom stereocenters. The molecule has 3 saturated carbocycles. The summed E-state index contributed by atoms with van der Waals surface area (Å²) in [4.78, 5) is 11.2. The summed E-state index contributed by atoms with van der Waals surface area (Å²) in [5, 5.41) is 0. The molecule has 1 aromatic carbocycles. The van der Waals surface area contributed by atoms with E-state index in [0.717, 1.165) is 36.1 Å². The van der Waals surface area contributed by atoms with Crippen LogP contribution in [0.25, 0.3) is 6.08 Å². The molecule has 0 N–H and O–H groups in total. The van der Waals surface area contributed by atoms with Gasteiger partial charge in [0.25, 0.3) is 0 Å². The molecular weight excluding hydrogens is 559 g/mol. The molecule has 0 aliphatic heterocycles. The minimum absolute atomic E-state index is 0. The second kappa shape index (κ2) is 12.9. The summed E-state index contributed by atoms with van der Waals surface area (Å²) < 4.78 is 4.56. The number of halogens is 2. The van der Waals surface area contributed by atoms with Crippen LogP contribution < -0.4 is 4.74 Å². The van der Waals surface area contributed by atoms with Crippen molar-refractivity contribution < 1.29 is 29.0 Å². The van der Waals surface area contributed by atoms with Gasteiger partial charge in [-0.15, -0.1) is 23.2 Å². The normalized spacial score (nSPS) is 25.6. The summed E-state index contributed by atoms with van der Waals surface area (Å²) in [5.74, 6) is 0.304. The molecule has 184 valence electrons. The molecule has 0 saturated heterocycles. The number of allylic oxidation sites excluding steroid dienone is 1. The van der Waals surface area contributed by atoms with Gasteiger partial charge >= 0.3 is 5.97 Å². The quantitative estimate of drug-likeness (QED) is 0.112. The fourth-order valence-electron chi connectivity index (χ4n) is 6.10. The van der Waals surface area contributed by atoms with Crippen LogP contribution >= 0.6 is 31.1 Å². The van der Waals surface area contributed by atoms with Crippen LogP contribution in [0.15, 0.2) is 29.8 Å². The second-order valence-electron chi connectivity index (χ2n) is 10.0. The summed E-state index contributed by atoms with van der Waals surface area (Å²) in [5.41, 5.74) is 5.09. The Morgan fingerprint density at radius 1 is 0.939 bits per heavy atom. The molecule has 3 aliphatic rings. The number of carbonyl (C=O) groups excluding carboxylic acids is 1. The fraction of sp³-hybridized carbons (Fsp3) is 0.667. The van der Waals surface area contributed by atoms with Crippen molar-refractivity contribution >= 4 is 43.2 Å². The predicted molar refractivity (Wildman–Crippen MR) is 138 cm³/mol. The number of benzene rings is 1. The van der Waals surface area contributed by atoms with Crippen molar-refractivity contribution in [3.05, 3.63) is 35.4 Å². The zero-order chi connectivity index (χ0) is 22.6. The number of esters is 1. The van der Waals surface area contributed by atoms with Crippen LogP contribution in [0.4, 0.5) is 0 Å². The van der Waals surface area contributed by atoms with E-state index < -0.39 is 4.33 Å². The van der Waals surface area contributed by atoms with Crippen molar-refractivity contribution in [1.82, 2.24) is 0 Å². The minimum atomic E-state index is -0.653. The molecule has 3 fully saturated rings. The van der Waals surface area contributed by atoms with E-state index in [1.165, 1.54) is 76.7 Å². The number of rotatable bonds is 5. The maximum atomic E-state index is 11.2. The molecule has 1 aromatic rings. The monoisotopic (exact) mass is 596 g/mol. The SMILES string of the molecule is CC(=O)Oc1ccc(C=C2CC(Cl)(Cl)CCC2P(C2CCCCC2)C2CCCCC2)cc1.[Ru]. The Morgan fingerprint density at radius 3 is 2.00 bits per heavy atom. The van der Waals surface area contributed by atoms with Gasteiger partial charge < -0.3 is 4.74 Å². The topological polar surface area (TPSA) is 26.3 Å². The van der Waals surface area contributed by atoms with E-state index in [4.69, 9.17) is 27.9 Å². The number of carbonyl (C=O) groups is 1. The molecule has 0 bridgehead atoms. The maximum Gasteiger partial charge on any atom is 0.308 e. The summed E-state index contributed by atoms with van der Waals surface area (Å²) >= 11 is 13.5. The average molecular weight is 597 g/mol. The summed E-state index contributed by atoms with van der Waals surface area (Å²) in [6, 6.07) is 7.85. The third kappa shape index (κ3) is 7.77. The Morgan fingerprint density at radius 2 is 1.48 bits per heavy atom. The largest absolute Gasteiger partial charge is 0.427 e. The van der Waals surface area contributed by atoms with Crippen molar-refractivity contribution in [3.63, 3.8) is 0 Å². The predicted octanol–water partition coefficient (Wildman–Crippen LogP) is 8.87. The number of ether oxygens (including phenoxy) is 1. The van der Waals surface area contributed by atoms with Crippen molar-refractivity contribution in [2.45, 2.75) is 112 Å². The van der Waals surface area contributed by atoms with Crippen LogP contribution in [-0.2, 0) is 24.3 Å². The van der Waals surface area contributed by atoms with Gasteiger partial charge in [-0.05, 0) is 67.5 Å². The smallest absolute Gasteiger partial charge is 0.308 e. The van der Waals surface area contributed by atoms with Crippen molar-refractivity contribution in [2.24, 2.45) is 0 Å². The average Bonchev–Trinajstić information content (AvgIpc) is 2.78. The van der Waals surface area contributed by atoms with Crippen LogP contribution in [0.3, 0.4) is 0 Å². The Kier molecular flexibility index (Phi) is 10.8. The Hall–Kier alpha value is 0.0634. The van der Waals surface area contributed by atoms with Crippen LogP contribution in [0.1, 0.15) is 96.0 Å². The van der Waals surface area contributed by atoms with Gasteiger partial charge in [-0.2, -0.15) is 0 Å². The summed E-state index contributed by atoms with van der Waals surface area (Å²) in [6.07, 6.45) is 19.3. The Bertz CT molecular complexity index is 781. The molecule has 1 unspecified atom stereocenters. The van der Waals surface area contributed by atoms with Crippen LogP contribution in [0.2, 0.25) is 0 Å². The molecule has 2 nitrogen and oxygen atoms in total. The van der Waals surface area contributed by atoms with Crippen molar-refractivity contribution in [2.75, 3.05) is 0 Å². The first-order valence-electron chi connectivity index (χ1n) is 12.6. The first-order chi connectivity index (χ1) is 15.4. The van der Waals surface area contributed by atoms with Gasteiger partial charge in [0.15, 0.2) is 0 Å². The molecule has 0 radical (unpaired) electrons. The van der Waals surface area contributed by atoms with Gasteiger partial charge in [0, 0.05) is 38.5 Å². The first-order valence-corrected chi connectivity index (χ1v) is 14.9. The van der Waals surface area contributed by atoms with E-state index in [1.54, 1.807) is 0 Å². The summed E-state index contributed by atoms with van der Waals surface area (Å²) in [6.45, 7) is 1.43. The molecular formula is C27H37Cl2O2PRu. The molecule has 0 spiro atoms. The van der Waals surface area contributed by atoms with Crippen LogP contribution in [0, 0.1) is 0 Å². The van der Waals surface area contributed by atoms with Gasteiger partial charge in [-0.1, -0.05) is 70.2 Å². The zero-order valence-electron chi connectivity index (χ0n) is 19.7. The van der Waals surface area contributed by atoms with E-state index in [9.17, 15) is 4.79 Å². The molecule has 0 heterocycles.